The van der Waals surface area contributed by atoms with Gasteiger partial charge in [0.1, 0.15) is 5.75 Å². The van der Waals surface area contributed by atoms with Gasteiger partial charge in [-0.05, 0) is 18.2 Å². The highest BCUT2D eigenvalue weighted by Crippen LogP contribution is 2.34. The summed E-state index contributed by atoms with van der Waals surface area (Å²) in [5.74, 6) is 0.343. The lowest BCUT2D eigenvalue weighted by Crippen LogP contribution is -2.36. The second kappa shape index (κ2) is 4.76. The van der Waals surface area contributed by atoms with Crippen molar-refractivity contribution in [3.05, 3.63) is 63.6 Å². The molecule has 0 saturated carbocycles. The Labute approximate surface area is 120 Å². The highest BCUT2D eigenvalue weighted by Gasteiger charge is 2.27. The largest absolute Gasteiger partial charge is 0.466 e. The predicted molar refractivity (Wildman–Crippen MR) is 73.7 cm³/mol. The van der Waals surface area contributed by atoms with Crippen molar-refractivity contribution in [2.24, 2.45) is 0 Å². The summed E-state index contributed by atoms with van der Waals surface area (Å²) in [6.07, 6.45) is -0.631. The summed E-state index contributed by atoms with van der Waals surface area (Å²) in [4.78, 5) is 12.0. The number of halogens is 2. The van der Waals surface area contributed by atoms with Crippen LogP contribution in [-0.2, 0) is 0 Å². The van der Waals surface area contributed by atoms with Crippen LogP contribution in [0.1, 0.15) is 22.1 Å². The number of nitrogens with one attached hydrogen (secondary N) is 1. The quantitative estimate of drug-likeness (QED) is 0.868. The van der Waals surface area contributed by atoms with E-state index in [1.165, 1.54) is 0 Å². The fourth-order valence-electron chi connectivity index (χ4n) is 1.97. The maximum absolute atomic E-state index is 12.0. The minimum Gasteiger partial charge on any atom is -0.466 e. The molecule has 0 aliphatic carbocycles. The summed E-state index contributed by atoms with van der Waals surface area (Å²) < 4.78 is 5.75. The van der Waals surface area contributed by atoms with Crippen LogP contribution in [0.4, 0.5) is 0 Å². The van der Waals surface area contributed by atoms with Crippen LogP contribution in [0.3, 0.4) is 0 Å². The third-order valence-corrected chi connectivity index (χ3v) is 3.74. The first-order valence-corrected chi connectivity index (χ1v) is 6.43. The van der Waals surface area contributed by atoms with Gasteiger partial charge >= 0.3 is 0 Å². The van der Waals surface area contributed by atoms with Crippen molar-refractivity contribution in [1.82, 2.24) is 5.32 Å². The lowest BCUT2D eigenvalue weighted by molar-refractivity contribution is 0.0756. The van der Waals surface area contributed by atoms with E-state index >= 15 is 0 Å². The first kappa shape index (κ1) is 12.3. The highest BCUT2D eigenvalue weighted by molar-refractivity contribution is 6.42. The second-order valence-corrected chi connectivity index (χ2v) is 4.90. The molecule has 0 saturated heterocycles. The van der Waals surface area contributed by atoms with Crippen molar-refractivity contribution in [3.63, 3.8) is 0 Å². The third kappa shape index (κ3) is 2.15. The van der Waals surface area contributed by atoms with Crippen LogP contribution < -0.4 is 10.1 Å². The molecule has 0 spiro atoms. The number of hydrogen-bond acceptors (Lipinski definition) is 2. The fraction of sp³-hybridized carbons (Fsp3) is 0.0714. The number of ether oxygens (including phenoxy) is 1. The standard InChI is InChI=1S/C14H9Cl2NO2/c15-10-6-3-5-9(12(10)16)14-17-13(18)8-4-1-2-7-11(8)19-14/h1-7,14H,(H,17,18)/t14-/m0/s1. The van der Waals surface area contributed by atoms with E-state index in [4.69, 9.17) is 27.9 Å². The van der Waals surface area contributed by atoms with Crippen LogP contribution in [-0.4, -0.2) is 5.91 Å². The fourth-order valence-corrected chi connectivity index (χ4v) is 2.38. The summed E-state index contributed by atoms with van der Waals surface area (Å²) >= 11 is 12.1. The number of rotatable bonds is 1. The summed E-state index contributed by atoms with van der Waals surface area (Å²) in [6, 6.07) is 12.3. The third-order valence-electron chi connectivity index (χ3n) is 2.90. The molecule has 1 heterocycles. The number of fused-ring (bicyclic) bond motifs is 1. The maximum Gasteiger partial charge on any atom is 0.258 e. The van der Waals surface area contributed by atoms with Crippen LogP contribution in [0.2, 0.25) is 10.0 Å². The van der Waals surface area contributed by atoms with Gasteiger partial charge in [0.25, 0.3) is 5.91 Å². The molecule has 5 heteroatoms. The molecule has 0 bridgehead atoms. The minimum absolute atomic E-state index is 0.192. The smallest absolute Gasteiger partial charge is 0.258 e. The molecular formula is C14H9Cl2NO2. The number of hydrogen-bond donors (Lipinski definition) is 1. The highest BCUT2D eigenvalue weighted by atomic mass is 35.5. The van der Waals surface area contributed by atoms with Gasteiger partial charge in [0, 0.05) is 5.56 Å². The summed E-state index contributed by atoms with van der Waals surface area (Å²) in [7, 11) is 0. The van der Waals surface area contributed by atoms with Gasteiger partial charge in [0.05, 0.1) is 15.6 Å². The van der Waals surface area contributed by atoms with E-state index in [1.807, 2.05) is 6.07 Å². The minimum atomic E-state index is -0.631. The monoisotopic (exact) mass is 293 g/mol. The van der Waals surface area contributed by atoms with Gasteiger partial charge in [-0.15, -0.1) is 0 Å². The lowest BCUT2D eigenvalue weighted by atomic mass is 10.1. The Kier molecular flexibility index (Phi) is 3.09. The number of carbonyl (C=O) groups is 1. The van der Waals surface area contributed by atoms with Gasteiger partial charge in [-0.25, -0.2) is 0 Å². The number of benzene rings is 2. The average molecular weight is 294 g/mol. The summed E-state index contributed by atoms with van der Waals surface area (Å²) in [5, 5.41) is 3.56. The van der Waals surface area contributed by atoms with E-state index in [2.05, 4.69) is 5.32 Å². The lowest BCUT2D eigenvalue weighted by Gasteiger charge is -2.27. The van der Waals surface area contributed by atoms with Gasteiger partial charge in [0.15, 0.2) is 6.23 Å². The number of para-hydroxylation sites is 1. The Morgan fingerprint density at radius 1 is 1.05 bits per heavy atom. The van der Waals surface area contributed by atoms with E-state index in [1.54, 1.807) is 36.4 Å². The molecule has 0 aromatic heterocycles. The van der Waals surface area contributed by atoms with Crippen molar-refractivity contribution >= 4 is 29.1 Å². The van der Waals surface area contributed by atoms with Crippen LogP contribution in [0.15, 0.2) is 42.5 Å². The Hall–Kier alpha value is -1.71. The van der Waals surface area contributed by atoms with Crippen molar-refractivity contribution in [1.29, 1.82) is 0 Å². The Morgan fingerprint density at radius 2 is 1.84 bits per heavy atom. The van der Waals surface area contributed by atoms with E-state index in [9.17, 15) is 4.79 Å². The molecule has 1 N–H and O–H groups in total. The normalized spacial score (nSPS) is 17.4. The Bertz CT molecular complexity index is 658. The van der Waals surface area contributed by atoms with E-state index in [0.717, 1.165) is 0 Å². The zero-order chi connectivity index (χ0) is 13.4. The predicted octanol–water partition coefficient (Wildman–Crippen LogP) is 3.81. The number of carbonyl (C=O) groups excluding carboxylic acids is 1. The molecule has 1 aliphatic rings. The van der Waals surface area contributed by atoms with Crippen LogP contribution in [0.5, 0.6) is 5.75 Å². The zero-order valence-corrected chi connectivity index (χ0v) is 11.2. The average Bonchev–Trinajstić information content (AvgIpc) is 2.42. The van der Waals surface area contributed by atoms with Crippen LogP contribution in [0.25, 0.3) is 0 Å². The molecule has 0 fully saturated rings. The molecule has 19 heavy (non-hydrogen) atoms. The molecule has 0 radical (unpaired) electrons. The van der Waals surface area contributed by atoms with Gasteiger partial charge in [-0.1, -0.05) is 47.5 Å². The van der Waals surface area contributed by atoms with E-state index < -0.39 is 6.23 Å². The number of amides is 1. The molecule has 1 aliphatic heterocycles. The van der Waals surface area contributed by atoms with Crippen molar-refractivity contribution in [3.8, 4) is 5.75 Å². The topological polar surface area (TPSA) is 38.3 Å². The molecule has 3 nitrogen and oxygen atoms in total. The van der Waals surface area contributed by atoms with Crippen molar-refractivity contribution < 1.29 is 9.53 Å². The molecule has 2 aromatic carbocycles. The van der Waals surface area contributed by atoms with Crippen molar-refractivity contribution in [2.75, 3.05) is 0 Å². The Morgan fingerprint density at radius 3 is 2.68 bits per heavy atom. The second-order valence-electron chi connectivity index (χ2n) is 4.11. The zero-order valence-electron chi connectivity index (χ0n) is 9.69. The molecule has 0 unspecified atom stereocenters. The van der Waals surface area contributed by atoms with E-state index in [0.29, 0.717) is 26.9 Å². The molecule has 1 atom stereocenters. The van der Waals surface area contributed by atoms with Gasteiger partial charge in [0.2, 0.25) is 0 Å². The van der Waals surface area contributed by atoms with Gasteiger partial charge in [-0.2, -0.15) is 0 Å². The summed E-state index contributed by atoms with van der Waals surface area (Å²) in [5.41, 5.74) is 1.15. The molecular weight excluding hydrogens is 285 g/mol. The maximum atomic E-state index is 12.0. The molecule has 96 valence electrons. The SMILES string of the molecule is O=C1N[C@H](c2cccc(Cl)c2Cl)Oc2ccccc21. The van der Waals surface area contributed by atoms with Crippen LogP contribution in [0, 0.1) is 0 Å². The molecule has 2 aromatic rings. The summed E-state index contributed by atoms with van der Waals surface area (Å²) in [6.45, 7) is 0. The van der Waals surface area contributed by atoms with Gasteiger partial charge in [-0.3, -0.25) is 4.79 Å². The molecule has 3 rings (SSSR count). The van der Waals surface area contributed by atoms with E-state index in [-0.39, 0.29) is 5.91 Å². The van der Waals surface area contributed by atoms with Crippen molar-refractivity contribution in [2.45, 2.75) is 6.23 Å². The van der Waals surface area contributed by atoms with Crippen LogP contribution >= 0.6 is 23.2 Å². The first-order chi connectivity index (χ1) is 9.16. The molecule has 1 amide bonds. The first-order valence-electron chi connectivity index (χ1n) is 5.67. The van der Waals surface area contributed by atoms with Gasteiger partial charge < -0.3 is 10.1 Å². The Balaban J connectivity index is 2.02.